The highest BCUT2D eigenvalue weighted by atomic mass is 79.9. The van der Waals surface area contributed by atoms with Crippen LogP contribution in [0.2, 0.25) is 0 Å². The van der Waals surface area contributed by atoms with Crippen molar-refractivity contribution in [3.05, 3.63) is 28.5 Å². The molecule has 0 spiro atoms. The van der Waals surface area contributed by atoms with Crippen LogP contribution in [-0.4, -0.2) is 29.5 Å². The van der Waals surface area contributed by atoms with Crippen LogP contribution in [0.5, 0.6) is 0 Å². The molecule has 114 valence electrons. The SMILES string of the molecule is Nc1ccc(Br)c(-c2nc(CCOCC(F)(F)F)no2)c1. The molecule has 21 heavy (non-hydrogen) atoms. The second kappa shape index (κ2) is 6.44. The summed E-state index contributed by atoms with van der Waals surface area (Å²) in [5.41, 5.74) is 6.82. The molecule has 0 amide bonds. The zero-order valence-corrected chi connectivity index (χ0v) is 12.2. The second-order valence-electron chi connectivity index (χ2n) is 4.17. The third-order valence-corrected chi connectivity index (χ3v) is 3.12. The molecule has 5 nitrogen and oxygen atoms in total. The topological polar surface area (TPSA) is 74.2 Å². The van der Waals surface area contributed by atoms with Crippen molar-refractivity contribution in [2.45, 2.75) is 12.6 Å². The number of alkyl halides is 3. The van der Waals surface area contributed by atoms with Crippen molar-refractivity contribution in [3.63, 3.8) is 0 Å². The monoisotopic (exact) mass is 365 g/mol. The molecular weight excluding hydrogens is 355 g/mol. The number of nitrogens with two attached hydrogens (primary N) is 1. The molecule has 0 atom stereocenters. The summed E-state index contributed by atoms with van der Waals surface area (Å²) < 4.78 is 46.0. The van der Waals surface area contributed by atoms with E-state index in [2.05, 4.69) is 30.8 Å². The highest BCUT2D eigenvalue weighted by Crippen LogP contribution is 2.28. The van der Waals surface area contributed by atoms with Gasteiger partial charge in [-0.05, 0) is 34.1 Å². The van der Waals surface area contributed by atoms with Crippen LogP contribution in [0.3, 0.4) is 0 Å². The first-order valence-electron chi connectivity index (χ1n) is 5.87. The van der Waals surface area contributed by atoms with E-state index in [1.807, 2.05) is 0 Å². The van der Waals surface area contributed by atoms with Gasteiger partial charge in [0.1, 0.15) is 6.61 Å². The summed E-state index contributed by atoms with van der Waals surface area (Å²) in [7, 11) is 0. The lowest BCUT2D eigenvalue weighted by Gasteiger charge is -2.05. The van der Waals surface area contributed by atoms with E-state index in [1.54, 1.807) is 18.2 Å². The molecular formula is C12H11BrF3N3O2. The van der Waals surface area contributed by atoms with Crippen LogP contribution in [-0.2, 0) is 11.2 Å². The molecule has 2 N–H and O–H groups in total. The molecule has 0 aliphatic rings. The van der Waals surface area contributed by atoms with Crippen molar-refractivity contribution in [3.8, 4) is 11.5 Å². The van der Waals surface area contributed by atoms with Crippen molar-refractivity contribution >= 4 is 21.6 Å². The summed E-state index contributed by atoms with van der Waals surface area (Å²) in [4.78, 5) is 4.09. The summed E-state index contributed by atoms with van der Waals surface area (Å²) in [6.07, 6.45) is -4.21. The standard InChI is InChI=1S/C12H11BrF3N3O2/c13-9-2-1-7(17)5-8(9)11-18-10(19-21-11)3-4-20-6-12(14,15)16/h1-2,5H,3-4,6,17H2. The number of ether oxygens (including phenoxy) is 1. The van der Waals surface area contributed by atoms with E-state index in [1.165, 1.54) is 0 Å². The van der Waals surface area contributed by atoms with Gasteiger partial charge in [0.2, 0.25) is 0 Å². The molecule has 2 rings (SSSR count). The van der Waals surface area contributed by atoms with E-state index in [4.69, 9.17) is 10.3 Å². The van der Waals surface area contributed by atoms with E-state index in [0.717, 1.165) is 4.47 Å². The van der Waals surface area contributed by atoms with Gasteiger partial charge in [-0.1, -0.05) is 5.16 Å². The van der Waals surface area contributed by atoms with E-state index >= 15 is 0 Å². The Hall–Kier alpha value is -1.61. The number of aromatic nitrogens is 2. The van der Waals surface area contributed by atoms with Gasteiger partial charge in [-0.3, -0.25) is 0 Å². The van der Waals surface area contributed by atoms with Crippen molar-refractivity contribution in [1.82, 2.24) is 10.1 Å². The van der Waals surface area contributed by atoms with E-state index in [-0.39, 0.29) is 24.7 Å². The number of nitrogens with zero attached hydrogens (tertiary/aromatic N) is 2. The normalized spacial score (nSPS) is 11.8. The number of anilines is 1. The van der Waals surface area contributed by atoms with Gasteiger partial charge in [-0.15, -0.1) is 0 Å². The minimum absolute atomic E-state index is 0.125. The molecule has 0 saturated carbocycles. The van der Waals surface area contributed by atoms with Crippen LogP contribution in [0, 0.1) is 0 Å². The van der Waals surface area contributed by atoms with Gasteiger partial charge in [-0.25, -0.2) is 0 Å². The number of nitrogen functional groups attached to an aromatic ring is 1. The summed E-state index contributed by atoms with van der Waals surface area (Å²) in [5.74, 6) is 0.501. The Bertz CT molecular complexity index is 616. The molecule has 9 heteroatoms. The Morgan fingerprint density at radius 3 is 2.81 bits per heavy atom. The number of halogens is 4. The highest BCUT2D eigenvalue weighted by Gasteiger charge is 2.27. The third-order valence-electron chi connectivity index (χ3n) is 2.42. The van der Waals surface area contributed by atoms with Gasteiger partial charge in [0.05, 0.1) is 12.2 Å². The lowest BCUT2D eigenvalue weighted by Crippen LogP contribution is -2.18. The van der Waals surface area contributed by atoms with Crippen molar-refractivity contribution in [1.29, 1.82) is 0 Å². The summed E-state index contributed by atoms with van der Waals surface area (Å²) in [6, 6.07) is 5.10. The smallest absolute Gasteiger partial charge is 0.399 e. The van der Waals surface area contributed by atoms with Gasteiger partial charge in [0.25, 0.3) is 5.89 Å². The van der Waals surface area contributed by atoms with E-state index < -0.39 is 12.8 Å². The first kappa shape index (κ1) is 15.8. The van der Waals surface area contributed by atoms with Gasteiger partial charge in [0.15, 0.2) is 5.82 Å². The highest BCUT2D eigenvalue weighted by molar-refractivity contribution is 9.10. The zero-order valence-electron chi connectivity index (χ0n) is 10.7. The van der Waals surface area contributed by atoms with Gasteiger partial charge in [0, 0.05) is 16.6 Å². The average molecular weight is 366 g/mol. The van der Waals surface area contributed by atoms with Gasteiger partial charge in [-0.2, -0.15) is 18.2 Å². The second-order valence-corrected chi connectivity index (χ2v) is 5.03. The quantitative estimate of drug-likeness (QED) is 0.650. The van der Waals surface area contributed by atoms with Crippen molar-refractivity contribution < 1.29 is 22.4 Å². The number of rotatable bonds is 5. The number of hydrogen-bond acceptors (Lipinski definition) is 5. The van der Waals surface area contributed by atoms with Gasteiger partial charge < -0.3 is 15.0 Å². The van der Waals surface area contributed by atoms with E-state index in [0.29, 0.717) is 11.3 Å². The molecule has 0 bridgehead atoms. The molecule has 1 aromatic heterocycles. The first-order valence-corrected chi connectivity index (χ1v) is 6.67. The Morgan fingerprint density at radius 1 is 1.33 bits per heavy atom. The summed E-state index contributed by atoms with van der Waals surface area (Å²) in [6.45, 7) is -1.44. The van der Waals surface area contributed by atoms with Crippen LogP contribution in [0.4, 0.5) is 18.9 Å². The van der Waals surface area contributed by atoms with Crippen LogP contribution < -0.4 is 5.73 Å². The van der Waals surface area contributed by atoms with Crippen molar-refractivity contribution in [2.24, 2.45) is 0 Å². The minimum atomic E-state index is -4.34. The molecule has 0 radical (unpaired) electrons. The fourth-order valence-corrected chi connectivity index (χ4v) is 1.94. The van der Waals surface area contributed by atoms with Crippen LogP contribution in [0.25, 0.3) is 11.5 Å². The Morgan fingerprint density at radius 2 is 2.10 bits per heavy atom. The fourth-order valence-electron chi connectivity index (χ4n) is 1.52. The Labute approximate surface area is 126 Å². The molecule has 1 heterocycles. The zero-order chi connectivity index (χ0) is 15.5. The Balaban J connectivity index is 1.97. The first-order chi connectivity index (χ1) is 9.85. The van der Waals surface area contributed by atoms with Crippen LogP contribution >= 0.6 is 15.9 Å². The molecule has 0 saturated heterocycles. The predicted octanol–water partition coefficient (Wildman–Crippen LogP) is 3.20. The van der Waals surface area contributed by atoms with E-state index in [9.17, 15) is 13.2 Å². The maximum atomic E-state index is 11.9. The summed E-state index contributed by atoms with van der Waals surface area (Å²) >= 11 is 3.33. The van der Waals surface area contributed by atoms with Crippen LogP contribution in [0.15, 0.2) is 27.2 Å². The number of hydrogen-bond donors (Lipinski definition) is 1. The lowest BCUT2D eigenvalue weighted by atomic mass is 10.2. The molecule has 1 aromatic carbocycles. The summed E-state index contributed by atoms with van der Waals surface area (Å²) in [5, 5.41) is 3.69. The third kappa shape index (κ3) is 4.71. The van der Waals surface area contributed by atoms with Crippen molar-refractivity contribution in [2.75, 3.05) is 18.9 Å². The molecule has 2 aromatic rings. The minimum Gasteiger partial charge on any atom is -0.399 e. The van der Waals surface area contributed by atoms with Gasteiger partial charge >= 0.3 is 6.18 Å². The maximum absolute atomic E-state index is 11.9. The predicted molar refractivity (Wildman–Crippen MR) is 72.4 cm³/mol. The fraction of sp³-hybridized carbons (Fsp3) is 0.333. The molecule has 0 fully saturated rings. The molecule has 0 unspecified atom stereocenters. The average Bonchev–Trinajstić information content (AvgIpc) is 2.85. The largest absolute Gasteiger partial charge is 0.411 e. The van der Waals surface area contributed by atoms with Crippen LogP contribution in [0.1, 0.15) is 5.82 Å². The lowest BCUT2D eigenvalue weighted by molar-refractivity contribution is -0.173. The number of benzene rings is 1. The molecule has 0 aliphatic heterocycles. The Kier molecular flexibility index (Phi) is 4.84. The molecule has 0 aliphatic carbocycles. The maximum Gasteiger partial charge on any atom is 0.411 e.